The predicted octanol–water partition coefficient (Wildman–Crippen LogP) is 10.1. The summed E-state index contributed by atoms with van der Waals surface area (Å²) in [7, 11) is 1.74. The molecule has 0 unspecified atom stereocenters. The fourth-order valence-corrected chi connectivity index (χ4v) is 8.35. The quantitative estimate of drug-likeness (QED) is 0.0662. The first kappa shape index (κ1) is 46.9. The Hall–Kier alpha value is -6.56. The van der Waals surface area contributed by atoms with Gasteiger partial charge in [-0.05, 0) is 97.0 Å². The highest BCUT2D eigenvalue weighted by molar-refractivity contribution is 5.99. The number of nitrogens with zero attached hydrogens (tertiary/aromatic N) is 2. The van der Waals surface area contributed by atoms with Gasteiger partial charge in [0.15, 0.2) is 5.78 Å². The molecule has 2 atom stereocenters. The minimum atomic E-state index is -0.733. The zero-order chi connectivity index (χ0) is 44.3. The van der Waals surface area contributed by atoms with Gasteiger partial charge in [-0.1, -0.05) is 105 Å². The number of aromatic amines is 1. The van der Waals surface area contributed by atoms with E-state index < -0.39 is 12.2 Å². The molecule has 1 aliphatic heterocycles. The number of anilines is 2. The van der Waals surface area contributed by atoms with E-state index in [1.165, 1.54) is 17.7 Å². The zero-order valence-electron chi connectivity index (χ0n) is 36.0. The van der Waals surface area contributed by atoms with E-state index in [1.54, 1.807) is 36.2 Å². The summed E-state index contributed by atoms with van der Waals surface area (Å²) in [5.74, 6) is 0.258. The van der Waals surface area contributed by atoms with Gasteiger partial charge < -0.3 is 29.7 Å². The number of Topliss-reactive ketones (excluding diaryl/α,β-unsaturated/α-hetero) is 1. The number of benzene rings is 5. The highest BCUT2D eigenvalue weighted by atomic mass is 16.6. The number of aliphatic hydroxyl groups excluding tert-OH is 1. The topological polar surface area (TPSA) is 152 Å². The third kappa shape index (κ3) is 12.3. The molecule has 0 aliphatic carbocycles. The third-order valence-electron chi connectivity index (χ3n) is 12.1. The molecule has 334 valence electrons. The Labute approximate surface area is 375 Å². The van der Waals surface area contributed by atoms with E-state index in [-0.39, 0.29) is 36.5 Å². The Morgan fingerprint density at radius 3 is 2.33 bits per heavy atom. The standard InChI is InChI=1S/C52H56N4O7.CH4/c1-35(15-23-47(58)43-21-25-48(59)51-44(43)22-26-49(60)54-51)33-37-18-16-36(17-19-37)20-24-46(57)39-11-8-12-40(34-39)55(2)50(61)29-32-56-30-27-41(28-31-56)63-52(62)53-45-14-7-6-13-42(45)38-9-4-3-5-10-38;/h3-14,16-19,21-22,25-26,34-35,41,47,58-59H,15,20,23-24,27-33H2,1-2H3,(H,53,62)(H,54,60);1H4/t35-,47+;/m1./s1. The van der Waals surface area contributed by atoms with E-state index in [0.29, 0.717) is 84.4 Å². The maximum Gasteiger partial charge on any atom is 0.411 e. The molecule has 1 fully saturated rings. The minimum absolute atomic E-state index is 0. The molecular formula is C53H60N4O7. The number of para-hydroxylation sites is 1. The number of aryl methyl sites for hydroxylation is 1. The Kier molecular flexibility index (Phi) is 16.3. The first-order valence-corrected chi connectivity index (χ1v) is 21.9. The molecule has 1 aliphatic rings. The lowest BCUT2D eigenvalue weighted by Crippen LogP contribution is -2.40. The van der Waals surface area contributed by atoms with Crippen LogP contribution in [0.2, 0.25) is 0 Å². The summed E-state index contributed by atoms with van der Waals surface area (Å²) in [5.41, 5.74) is 6.83. The van der Waals surface area contributed by atoms with Crippen molar-refractivity contribution >= 4 is 40.1 Å². The van der Waals surface area contributed by atoms with Gasteiger partial charge in [0.05, 0.1) is 17.3 Å². The maximum absolute atomic E-state index is 13.3. The Balaban J connectivity index is 0.00000680. The SMILES string of the molecule is C.C[C@H](CC[C@H](O)c1ccc(O)c2[nH]c(=O)ccc12)Cc1ccc(CCC(=O)c2cccc(N(C)C(=O)CCN3CCC(OC(=O)Nc4ccccc4-c4ccccc4)CC3)c2)cc1. The number of ketones is 1. The van der Waals surface area contributed by atoms with Gasteiger partial charge in [0.25, 0.3) is 0 Å². The lowest BCUT2D eigenvalue weighted by atomic mass is 9.92. The van der Waals surface area contributed by atoms with Crippen molar-refractivity contribution in [3.8, 4) is 16.9 Å². The Morgan fingerprint density at radius 2 is 1.56 bits per heavy atom. The van der Waals surface area contributed by atoms with E-state index in [2.05, 4.69) is 46.4 Å². The molecule has 6 aromatic rings. The van der Waals surface area contributed by atoms with Crippen LogP contribution in [0.1, 0.15) is 86.0 Å². The summed E-state index contributed by atoms with van der Waals surface area (Å²) in [6, 6.07) is 39.4. The average Bonchev–Trinajstić information content (AvgIpc) is 3.30. The van der Waals surface area contributed by atoms with Crippen LogP contribution in [-0.4, -0.2) is 70.7 Å². The number of ether oxygens (including phenoxy) is 1. The van der Waals surface area contributed by atoms with Crippen molar-refractivity contribution in [3.63, 3.8) is 0 Å². The van der Waals surface area contributed by atoms with Crippen LogP contribution in [0.3, 0.4) is 0 Å². The van der Waals surface area contributed by atoms with Crippen LogP contribution in [-0.2, 0) is 22.4 Å². The van der Waals surface area contributed by atoms with Crippen molar-refractivity contribution in [2.75, 3.05) is 36.9 Å². The van der Waals surface area contributed by atoms with Gasteiger partial charge in [0, 0.05) is 67.8 Å². The molecule has 1 aromatic heterocycles. The van der Waals surface area contributed by atoms with Crippen LogP contribution in [0, 0.1) is 5.92 Å². The first-order valence-electron chi connectivity index (χ1n) is 21.9. The predicted molar refractivity (Wildman–Crippen MR) is 255 cm³/mol. The number of aromatic hydroxyl groups is 1. The number of likely N-dealkylation sites (tertiary alicyclic amines) is 1. The highest BCUT2D eigenvalue weighted by Crippen LogP contribution is 2.32. The van der Waals surface area contributed by atoms with Crippen molar-refractivity contribution in [2.45, 2.75) is 77.9 Å². The number of aliphatic hydroxyl groups is 1. The van der Waals surface area contributed by atoms with Crippen molar-refractivity contribution in [1.29, 1.82) is 0 Å². The number of phenolic OH excluding ortho intramolecular Hbond substituents is 1. The molecular weight excluding hydrogens is 805 g/mol. The number of piperidine rings is 1. The summed E-state index contributed by atoms with van der Waals surface area (Å²) in [5, 5.41) is 24.7. The second-order valence-corrected chi connectivity index (χ2v) is 16.7. The van der Waals surface area contributed by atoms with E-state index >= 15 is 0 Å². The number of fused-ring (bicyclic) bond motifs is 1. The van der Waals surface area contributed by atoms with Crippen LogP contribution < -0.4 is 15.8 Å². The number of pyridine rings is 1. The number of phenols is 1. The molecule has 1 saturated heterocycles. The van der Waals surface area contributed by atoms with E-state index in [9.17, 15) is 29.4 Å². The third-order valence-corrected chi connectivity index (χ3v) is 12.1. The molecule has 0 bridgehead atoms. The number of hydrogen-bond acceptors (Lipinski definition) is 8. The smallest absolute Gasteiger partial charge is 0.411 e. The number of hydrogen-bond donors (Lipinski definition) is 4. The van der Waals surface area contributed by atoms with Crippen molar-refractivity contribution in [1.82, 2.24) is 9.88 Å². The van der Waals surface area contributed by atoms with Crippen LogP contribution in [0.15, 0.2) is 132 Å². The number of carbonyl (C=O) groups is 3. The minimum Gasteiger partial charge on any atom is -0.506 e. The number of amides is 2. The molecule has 7 rings (SSSR count). The molecule has 11 nitrogen and oxygen atoms in total. The van der Waals surface area contributed by atoms with Crippen molar-refractivity contribution in [3.05, 3.63) is 160 Å². The van der Waals surface area contributed by atoms with Gasteiger partial charge in [-0.25, -0.2) is 4.79 Å². The molecule has 4 N–H and O–H groups in total. The molecule has 2 amide bonds. The Morgan fingerprint density at radius 1 is 0.844 bits per heavy atom. The second-order valence-electron chi connectivity index (χ2n) is 16.7. The molecule has 11 heteroatoms. The molecule has 5 aromatic carbocycles. The fourth-order valence-electron chi connectivity index (χ4n) is 8.35. The normalized spacial score (nSPS) is 14.0. The molecule has 0 saturated carbocycles. The average molecular weight is 865 g/mol. The van der Waals surface area contributed by atoms with E-state index in [4.69, 9.17) is 4.74 Å². The highest BCUT2D eigenvalue weighted by Gasteiger charge is 2.24. The summed E-state index contributed by atoms with van der Waals surface area (Å²) < 4.78 is 5.79. The molecule has 0 radical (unpaired) electrons. The van der Waals surface area contributed by atoms with E-state index in [1.807, 2.05) is 66.7 Å². The lowest BCUT2D eigenvalue weighted by molar-refractivity contribution is -0.118. The van der Waals surface area contributed by atoms with Crippen molar-refractivity contribution < 1.29 is 29.3 Å². The molecule has 2 heterocycles. The zero-order valence-corrected chi connectivity index (χ0v) is 36.0. The monoisotopic (exact) mass is 864 g/mol. The number of rotatable bonds is 17. The van der Waals surface area contributed by atoms with Gasteiger partial charge in [0.2, 0.25) is 11.5 Å². The van der Waals surface area contributed by atoms with Crippen LogP contribution in [0.4, 0.5) is 16.2 Å². The summed E-state index contributed by atoms with van der Waals surface area (Å²) in [6.45, 7) is 4.19. The fraction of sp³-hybridized carbons (Fsp3) is 0.321. The van der Waals surface area contributed by atoms with Gasteiger partial charge in [0.1, 0.15) is 11.9 Å². The second kappa shape index (κ2) is 22.2. The summed E-state index contributed by atoms with van der Waals surface area (Å²) in [6.07, 6.45) is 3.40. The molecule has 0 spiro atoms. The lowest BCUT2D eigenvalue weighted by Gasteiger charge is -2.31. The molecule has 64 heavy (non-hydrogen) atoms. The number of aromatic nitrogens is 1. The maximum atomic E-state index is 13.3. The number of H-pyrrole nitrogens is 1. The van der Waals surface area contributed by atoms with Crippen LogP contribution in [0.5, 0.6) is 5.75 Å². The van der Waals surface area contributed by atoms with Crippen molar-refractivity contribution in [2.24, 2.45) is 5.92 Å². The van der Waals surface area contributed by atoms with Crippen LogP contribution >= 0.6 is 0 Å². The Bertz CT molecular complexity index is 2570. The summed E-state index contributed by atoms with van der Waals surface area (Å²) in [4.78, 5) is 57.7. The number of carbonyl (C=O) groups excluding carboxylic acids is 3. The van der Waals surface area contributed by atoms with Gasteiger partial charge in [-0.2, -0.15) is 0 Å². The summed E-state index contributed by atoms with van der Waals surface area (Å²) >= 11 is 0. The first-order chi connectivity index (χ1) is 30.5. The van der Waals surface area contributed by atoms with Gasteiger partial charge in [-0.3, -0.25) is 19.7 Å². The largest absolute Gasteiger partial charge is 0.506 e. The van der Waals surface area contributed by atoms with Gasteiger partial charge in [-0.15, -0.1) is 0 Å². The number of nitrogens with one attached hydrogen (secondary N) is 2. The van der Waals surface area contributed by atoms with Gasteiger partial charge >= 0.3 is 6.09 Å². The van der Waals surface area contributed by atoms with Crippen LogP contribution in [0.25, 0.3) is 22.0 Å². The van der Waals surface area contributed by atoms with E-state index in [0.717, 1.165) is 42.6 Å².